The average molecular weight is 336 g/mol. The predicted octanol–water partition coefficient (Wildman–Crippen LogP) is 1.75. The van der Waals surface area contributed by atoms with Crippen molar-refractivity contribution in [1.29, 1.82) is 0 Å². The number of aromatic nitrogens is 3. The zero-order chi connectivity index (χ0) is 17.2. The Labute approximate surface area is 135 Å². The molecule has 1 heterocycles. The van der Waals surface area contributed by atoms with Crippen LogP contribution in [-0.2, 0) is 21.1 Å². The highest BCUT2D eigenvalue weighted by atomic mass is 32.2. The first kappa shape index (κ1) is 17.1. The monoisotopic (exact) mass is 336 g/mol. The van der Waals surface area contributed by atoms with Crippen LogP contribution >= 0.6 is 0 Å². The molecule has 0 radical (unpaired) electrons. The van der Waals surface area contributed by atoms with Crippen molar-refractivity contribution in [2.24, 2.45) is 0 Å². The zero-order valence-corrected chi connectivity index (χ0v) is 14.4. The van der Waals surface area contributed by atoms with Crippen LogP contribution in [0.1, 0.15) is 31.3 Å². The van der Waals surface area contributed by atoms with E-state index in [-0.39, 0.29) is 29.2 Å². The number of rotatable bonds is 5. The summed E-state index contributed by atoms with van der Waals surface area (Å²) in [6.07, 6.45) is 1.27. The second-order valence-electron chi connectivity index (χ2n) is 5.66. The van der Waals surface area contributed by atoms with Gasteiger partial charge in [0.1, 0.15) is 5.82 Å². The summed E-state index contributed by atoms with van der Waals surface area (Å²) in [6.45, 7) is 5.79. The van der Waals surface area contributed by atoms with Crippen LogP contribution in [0.2, 0.25) is 0 Å². The van der Waals surface area contributed by atoms with E-state index in [1.54, 1.807) is 16.8 Å². The predicted molar refractivity (Wildman–Crippen MR) is 87.0 cm³/mol. The van der Waals surface area contributed by atoms with Gasteiger partial charge in [0, 0.05) is 12.3 Å². The third-order valence-corrected chi connectivity index (χ3v) is 4.39. The Morgan fingerprint density at radius 1 is 1.26 bits per heavy atom. The molecule has 2 aromatic rings. The Morgan fingerprint density at radius 3 is 2.35 bits per heavy atom. The first-order valence-corrected chi connectivity index (χ1v) is 9.08. The molecule has 8 heteroatoms. The third-order valence-electron chi connectivity index (χ3n) is 3.26. The quantitative estimate of drug-likeness (QED) is 0.898. The van der Waals surface area contributed by atoms with Crippen molar-refractivity contribution < 1.29 is 13.2 Å². The van der Waals surface area contributed by atoms with Crippen molar-refractivity contribution in [3.63, 3.8) is 0 Å². The Bertz CT molecular complexity index is 808. The van der Waals surface area contributed by atoms with Crippen LogP contribution in [0.15, 0.2) is 29.2 Å². The molecule has 0 spiro atoms. The van der Waals surface area contributed by atoms with Gasteiger partial charge in [-0.15, -0.1) is 5.10 Å². The minimum absolute atomic E-state index is 0.124. The lowest BCUT2D eigenvalue weighted by Crippen LogP contribution is -2.16. The maximum absolute atomic E-state index is 12.0. The highest BCUT2D eigenvalue weighted by molar-refractivity contribution is 7.90. The average Bonchev–Trinajstić information content (AvgIpc) is 2.79. The molecule has 1 aromatic carbocycles. The fourth-order valence-corrected chi connectivity index (χ4v) is 2.78. The molecule has 0 atom stereocenters. The number of hydrogen-bond donors (Lipinski definition) is 1. The molecule has 1 amide bonds. The molecule has 1 aromatic heterocycles. The van der Waals surface area contributed by atoms with E-state index >= 15 is 0 Å². The molecule has 0 unspecified atom stereocenters. The van der Waals surface area contributed by atoms with Crippen LogP contribution in [0.4, 0.5) is 5.95 Å². The Kier molecular flexibility index (Phi) is 4.84. The number of aryl methyl sites for hydroxylation is 1. The van der Waals surface area contributed by atoms with Crippen molar-refractivity contribution >= 4 is 21.7 Å². The number of benzene rings is 1. The van der Waals surface area contributed by atoms with Gasteiger partial charge in [-0.05, 0) is 38.5 Å². The normalized spacial score (nSPS) is 11.7. The first-order valence-electron chi connectivity index (χ1n) is 7.19. The van der Waals surface area contributed by atoms with Crippen LogP contribution in [0.5, 0.6) is 0 Å². The van der Waals surface area contributed by atoms with Gasteiger partial charge in [0.05, 0.1) is 11.3 Å². The molecule has 7 nitrogen and oxygen atoms in total. The number of carbonyl (C=O) groups excluding carboxylic acids is 1. The van der Waals surface area contributed by atoms with Gasteiger partial charge in [0.15, 0.2) is 9.84 Å². The smallest absolute Gasteiger partial charge is 0.248 e. The zero-order valence-electron chi connectivity index (χ0n) is 13.6. The molecule has 0 saturated heterocycles. The molecule has 23 heavy (non-hydrogen) atoms. The molecule has 0 aliphatic heterocycles. The summed E-state index contributed by atoms with van der Waals surface area (Å²) in [7, 11) is -3.23. The molecular formula is C15H20N4O3S. The fraction of sp³-hybridized carbons (Fsp3) is 0.400. The lowest BCUT2D eigenvalue weighted by Gasteiger charge is -2.05. The van der Waals surface area contributed by atoms with Crippen molar-refractivity contribution in [3.05, 3.63) is 35.7 Å². The third kappa shape index (κ3) is 4.38. The number of sulfone groups is 1. The molecule has 0 bridgehead atoms. The Morgan fingerprint density at radius 2 is 1.87 bits per heavy atom. The number of carbonyl (C=O) groups is 1. The number of amides is 1. The van der Waals surface area contributed by atoms with Gasteiger partial charge >= 0.3 is 0 Å². The maximum Gasteiger partial charge on any atom is 0.248 e. The largest absolute Gasteiger partial charge is 0.293 e. The number of nitrogens with zero attached hydrogens (tertiary/aromatic N) is 3. The van der Waals surface area contributed by atoms with E-state index in [1.165, 1.54) is 12.1 Å². The van der Waals surface area contributed by atoms with Gasteiger partial charge in [-0.3, -0.25) is 10.1 Å². The Balaban J connectivity index is 2.04. The highest BCUT2D eigenvalue weighted by Crippen LogP contribution is 2.12. The minimum atomic E-state index is -3.23. The van der Waals surface area contributed by atoms with Gasteiger partial charge < -0.3 is 0 Å². The van der Waals surface area contributed by atoms with Crippen LogP contribution in [0.3, 0.4) is 0 Å². The summed E-state index contributed by atoms with van der Waals surface area (Å²) < 4.78 is 24.5. The van der Waals surface area contributed by atoms with E-state index < -0.39 is 9.84 Å². The van der Waals surface area contributed by atoms with E-state index in [1.807, 2.05) is 20.8 Å². The van der Waals surface area contributed by atoms with Crippen LogP contribution < -0.4 is 5.32 Å². The van der Waals surface area contributed by atoms with Crippen molar-refractivity contribution in [2.75, 3.05) is 11.6 Å². The van der Waals surface area contributed by atoms with Gasteiger partial charge in [0.25, 0.3) is 0 Å². The van der Waals surface area contributed by atoms with E-state index in [0.29, 0.717) is 0 Å². The van der Waals surface area contributed by atoms with Crippen molar-refractivity contribution in [3.8, 4) is 0 Å². The summed E-state index contributed by atoms with van der Waals surface area (Å²) in [4.78, 5) is 16.5. The molecule has 0 fully saturated rings. The van der Waals surface area contributed by atoms with E-state index in [0.717, 1.165) is 17.6 Å². The standard InChI is InChI=1S/C15H20N4O3S/c1-10(2)19-11(3)16-15(18-19)17-14(20)9-12-5-7-13(8-6-12)23(4,21)22/h5-8,10H,9H2,1-4H3,(H,17,18,20). The lowest BCUT2D eigenvalue weighted by molar-refractivity contribution is -0.115. The number of nitrogens with one attached hydrogen (secondary N) is 1. The molecule has 0 aliphatic carbocycles. The molecule has 2 rings (SSSR count). The second kappa shape index (κ2) is 6.49. The van der Waals surface area contributed by atoms with Gasteiger partial charge in [-0.25, -0.2) is 13.1 Å². The Hall–Kier alpha value is -2.22. The number of anilines is 1. The number of hydrogen-bond acceptors (Lipinski definition) is 5. The summed E-state index contributed by atoms with van der Waals surface area (Å²) in [5, 5.41) is 6.88. The topological polar surface area (TPSA) is 93.9 Å². The highest BCUT2D eigenvalue weighted by Gasteiger charge is 2.12. The van der Waals surface area contributed by atoms with Crippen molar-refractivity contribution in [1.82, 2.24) is 14.8 Å². The van der Waals surface area contributed by atoms with Crippen LogP contribution in [-0.4, -0.2) is 35.3 Å². The van der Waals surface area contributed by atoms with Crippen LogP contribution in [0, 0.1) is 6.92 Å². The minimum Gasteiger partial charge on any atom is -0.293 e. The molecule has 0 aliphatic rings. The van der Waals surface area contributed by atoms with Gasteiger partial charge in [-0.2, -0.15) is 4.98 Å². The fourth-order valence-electron chi connectivity index (χ4n) is 2.15. The summed E-state index contributed by atoms with van der Waals surface area (Å²) in [6, 6.07) is 6.40. The lowest BCUT2D eigenvalue weighted by atomic mass is 10.1. The summed E-state index contributed by atoms with van der Waals surface area (Å²) >= 11 is 0. The second-order valence-corrected chi connectivity index (χ2v) is 7.68. The van der Waals surface area contributed by atoms with E-state index in [2.05, 4.69) is 15.4 Å². The summed E-state index contributed by atoms with van der Waals surface area (Å²) in [5.41, 5.74) is 0.718. The summed E-state index contributed by atoms with van der Waals surface area (Å²) in [5.74, 6) is 0.750. The van der Waals surface area contributed by atoms with E-state index in [9.17, 15) is 13.2 Å². The van der Waals surface area contributed by atoms with Crippen molar-refractivity contribution in [2.45, 2.75) is 38.1 Å². The maximum atomic E-state index is 12.0. The van der Waals surface area contributed by atoms with E-state index in [4.69, 9.17) is 0 Å². The molecular weight excluding hydrogens is 316 g/mol. The first-order chi connectivity index (χ1) is 10.7. The molecule has 0 saturated carbocycles. The molecule has 124 valence electrons. The van der Waals surface area contributed by atoms with Gasteiger partial charge in [0.2, 0.25) is 11.9 Å². The van der Waals surface area contributed by atoms with Gasteiger partial charge in [-0.1, -0.05) is 12.1 Å². The van der Waals surface area contributed by atoms with Crippen LogP contribution in [0.25, 0.3) is 0 Å². The molecule has 1 N–H and O–H groups in total. The SMILES string of the molecule is Cc1nc(NC(=O)Cc2ccc(S(C)(=O)=O)cc2)nn1C(C)C.